The summed E-state index contributed by atoms with van der Waals surface area (Å²) in [5.74, 6) is -1.08. The topological polar surface area (TPSA) is 118 Å². The molecule has 2 rings (SSSR count). The first-order valence-corrected chi connectivity index (χ1v) is 8.88. The van der Waals surface area contributed by atoms with E-state index in [-0.39, 0.29) is 27.9 Å². The van der Waals surface area contributed by atoms with Crippen molar-refractivity contribution in [1.29, 1.82) is 0 Å². The van der Waals surface area contributed by atoms with Crippen molar-refractivity contribution >= 4 is 59.4 Å². The van der Waals surface area contributed by atoms with E-state index in [9.17, 15) is 18.0 Å². The molecule has 4 N–H and O–H groups in total. The van der Waals surface area contributed by atoms with Gasteiger partial charge in [-0.25, -0.2) is 8.42 Å². The highest BCUT2D eigenvalue weighted by Crippen LogP contribution is 2.31. The first kappa shape index (κ1) is 16.4. The number of rotatable bonds is 3. The Morgan fingerprint density at radius 3 is 2.52 bits per heavy atom. The van der Waals surface area contributed by atoms with E-state index in [0.717, 1.165) is 0 Å². The lowest BCUT2D eigenvalue weighted by atomic mass is 10.1. The lowest BCUT2D eigenvalue weighted by Crippen LogP contribution is -2.52. The number of nitrogen functional groups attached to an aromatic ring is 1. The summed E-state index contributed by atoms with van der Waals surface area (Å²) < 4.78 is 27.9. The zero-order valence-corrected chi connectivity index (χ0v) is 14.5. The summed E-state index contributed by atoms with van der Waals surface area (Å²) in [4.78, 5) is 22.5. The van der Waals surface area contributed by atoms with Crippen LogP contribution in [0.15, 0.2) is 26.0 Å². The minimum absolute atomic E-state index is 0.0380. The van der Waals surface area contributed by atoms with E-state index in [1.807, 2.05) is 0 Å². The monoisotopic (exact) mass is 439 g/mol. The predicted molar refractivity (Wildman–Crippen MR) is 82.7 cm³/mol. The number of benzene rings is 1. The summed E-state index contributed by atoms with van der Waals surface area (Å²) in [6, 6.07) is 1.99. The van der Waals surface area contributed by atoms with Gasteiger partial charge in [-0.2, -0.15) is 4.72 Å². The highest BCUT2D eigenvalue weighted by molar-refractivity contribution is 9.11. The number of hydrogen-bond donors (Lipinski definition) is 3. The molecule has 0 bridgehead atoms. The molecule has 1 aliphatic heterocycles. The Hall–Kier alpha value is -0.970. The third kappa shape index (κ3) is 3.62. The molecule has 1 aliphatic rings. The van der Waals surface area contributed by atoms with E-state index < -0.39 is 27.9 Å². The Kier molecular flexibility index (Phi) is 4.71. The van der Waals surface area contributed by atoms with Crippen LogP contribution in [0, 0.1) is 0 Å². The van der Waals surface area contributed by atoms with E-state index in [1.165, 1.54) is 12.1 Å². The van der Waals surface area contributed by atoms with Gasteiger partial charge in [0.2, 0.25) is 21.8 Å². The van der Waals surface area contributed by atoms with Crippen molar-refractivity contribution < 1.29 is 18.0 Å². The Bertz CT molecular complexity index is 697. The Morgan fingerprint density at radius 2 is 1.95 bits per heavy atom. The van der Waals surface area contributed by atoms with Crippen molar-refractivity contribution in [2.75, 3.05) is 5.73 Å². The minimum Gasteiger partial charge on any atom is -0.398 e. The Balaban J connectivity index is 2.31. The summed E-state index contributed by atoms with van der Waals surface area (Å²) in [5, 5.41) is 2.09. The number of imide groups is 1. The van der Waals surface area contributed by atoms with Crippen LogP contribution < -0.4 is 15.8 Å². The van der Waals surface area contributed by atoms with Crippen LogP contribution in [0.1, 0.15) is 12.8 Å². The average Bonchev–Trinajstić information content (AvgIpc) is 2.30. The number of nitrogens with one attached hydrogen (secondary N) is 2. The van der Waals surface area contributed by atoms with Gasteiger partial charge in [0.05, 0.1) is 5.69 Å². The van der Waals surface area contributed by atoms with E-state index in [2.05, 4.69) is 41.9 Å². The van der Waals surface area contributed by atoms with Gasteiger partial charge in [0.25, 0.3) is 0 Å². The normalized spacial score (nSPS) is 19.4. The fourth-order valence-corrected chi connectivity index (χ4v) is 5.22. The molecule has 7 nitrogen and oxygen atoms in total. The van der Waals surface area contributed by atoms with E-state index in [1.54, 1.807) is 0 Å². The first-order chi connectivity index (χ1) is 9.70. The molecule has 1 unspecified atom stereocenters. The van der Waals surface area contributed by atoms with Crippen molar-refractivity contribution in [2.24, 2.45) is 0 Å². The van der Waals surface area contributed by atoms with E-state index >= 15 is 0 Å². The lowest BCUT2D eigenvalue weighted by Gasteiger charge is -2.22. The van der Waals surface area contributed by atoms with Gasteiger partial charge in [-0.05, 0) is 34.5 Å². The van der Waals surface area contributed by atoms with Crippen molar-refractivity contribution in [3.05, 3.63) is 21.1 Å². The van der Waals surface area contributed by atoms with Crippen LogP contribution in [0.25, 0.3) is 0 Å². The maximum Gasteiger partial charge on any atom is 0.244 e. The van der Waals surface area contributed by atoms with Gasteiger partial charge in [0, 0.05) is 15.4 Å². The summed E-state index contributed by atoms with van der Waals surface area (Å²) in [7, 11) is -4.00. The molecule has 0 saturated carbocycles. The van der Waals surface area contributed by atoms with Gasteiger partial charge in [-0.1, -0.05) is 15.9 Å². The SMILES string of the molecule is Nc1cc(Br)cc(Br)c1S(=O)(=O)NC1CCC(=O)NC1=O. The number of carbonyl (C=O) groups is 2. The molecule has 0 aliphatic carbocycles. The molecule has 114 valence electrons. The number of sulfonamides is 1. The van der Waals surface area contributed by atoms with Crippen LogP contribution >= 0.6 is 31.9 Å². The van der Waals surface area contributed by atoms with Crippen molar-refractivity contribution in [3.63, 3.8) is 0 Å². The first-order valence-electron chi connectivity index (χ1n) is 5.81. The fraction of sp³-hybridized carbons (Fsp3) is 0.273. The molecule has 10 heteroatoms. The molecule has 1 saturated heterocycles. The summed E-state index contributed by atoms with van der Waals surface area (Å²) in [6.07, 6.45) is 0.188. The molecule has 1 aromatic rings. The zero-order valence-electron chi connectivity index (χ0n) is 10.5. The second-order valence-electron chi connectivity index (χ2n) is 4.43. The smallest absolute Gasteiger partial charge is 0.244 e. The number of halogens is 2. The second kappa shape index (κ2) is 6.03. The average molecular weight is 441 g/mol. The fourth-order valence-electron chi connectivity index (χ4n) is 1.92. The maximum absolute atomic E-state index is 12.4. The zero-order chi connectivity index (χ0) is 15.8. The van der Waals surface area contributed by atoms with E-state index in [0.29, 0.717) is 4.47 Å². The number of nitrogens with two attached hydrogens (primary N) is 1. The molecule has 2 amide bonds. The van der Waals surface area contributed by atoms with Crippen molar-refractivity contribution in [2.45, 2.75) is 23.8 Å². The number of piperidine rings is 1. The number of carbonyl (C=O) groups excluding carboxylic acids is 2. The standard InChI is InChI=1S/C11H11Br2N3O4S/c12-5-3-6(13)10(7(14)4-5)21(19,20)16-8-1-2-9(17)15-11(8)18/h3-4,8,16H,1-2,14H2,(H,15,17,18). The summed E-state index contributed by atoms with van der Waals surface area (Å²) in [5.41, 5.74) is 5.77. The molecule has 1 fully saturated rings. The molecular weight excluding hydrogens is 430 g/mol. The van der Waals surface area contributed by atoms with Crippen molar-refractivity contribution in [1.82, 2.24) is 10.0 Å². The number of hydrogen-bond acceptors (Lipinski definition) is 5. The van der Waals surface area contributed by atoms with Gasteiger partial charge < -0.3 is 5.73 Å². The largest absolute Gasteiger partial charge is 0.398 e. The molecule has 21 heavy (non-hydrogen) atoms. The second-order valence-corrected chi connectivity index (χ2v) is 7.85. The predicted octanol–water partition coefficient (Wildman–Crippen LogP) is 0.877. The van der Waals surface area contributed by atoms with Gasteiger partial charge >= 0.3 is 0 Å². The molecular formula is C11H11Br2N3O4S. The van der Waals surface area contributed by atoms with Crippen LogP contribution in [-0.2, 0) is 19.6 Å². The Labute approximate surface area is 138 Å². The molecule has 1 heterocycles. The van der Waals surface area contributed by atoms with Crippen molar-refractivity contribution in [3.8, 4) is 0 Å². The molecule has 1 aromatic carbocycles. The molecule has 0 spiro atoms. The number of anilines is 1. The van der Waals surface area contributed by atoms with Gasteiger partial charge in [-0.3, -0.25) is 14.9 Å². The third-order valence-electron chi connectivity index (χ3n) is 2.84. The summed E-state index contributed by atoms with van der Waals surface area (Å²) in [6.45, 7) is 0. The van der Waals surface area contributed by atoms with Crippen LogP contribution in [-0.4, -0.2) is 26.3 Å². The third-order valence-corrected chi connectivity index (χ3v) is 5.78. The van der Waals surface area contributed by atoms with E-state index in [4.69, 9.17) is 5.73 Å². The highest BCUT2D eigenvalue weighted by Gasteiger charge is 2.32. The molecule has 0 aromatic heterocycles. The Morgan fingerprint density at radius 1 is 1.29 bits per heavy atom. The molecule has 0 radical (unpaired) electrons. The van der Waals surface area contributed by atoms with Gasteiger partial charge in [0.1, 0.15) is 10.9 Å². The van der Waals surface area contributed by atoms with Crippen LogP contribution in [0.4, 0.5) is 5.69 Å². The number of amides is 2. The van der Waals surface area contributed by atoms with Crippen LogP contribution in [0.5, 0.6) is 0 Å². The van der Waals surface area contributed by atoms with Gasteiger partial charge in [-0.15, -0.1) is 0 Å². The van der Waals surface area contributed by atoms with Crippen LogP contribution in [0.3, 0.4) is 0 Å². The summed E-state index contributed by atoms with van der Waals surface area (Å²) >= 11 is 6.34. The maximum atomic E-state index is 12.4. The van der Waals surface area contributed by atoms with Crippen LogP contribution in [0.2, 0.25) is 0 Å². The lowest BCUT2D eigenvalue weighted by molar-refractivity contribution is -0.134. The quantitative estimate of drug-likeness (QED) is 0.476. The minimum atomic E-state index is -4.00. The van der Waals surface area contributed by atoms with Gasteiger partial charge in [0.15, 0.2) is 0 Å². The highest BCUT2D eigenvalue weighted by atomic mass is 79.9. The molecule has 1 atom stereocenters.